The maximum absolute atomic E-state index is 11.9. The predicted octanol–water partition coefficient (Wildman–Crippen LogP) is 3.62. The molecule has 1 N–H and O–H groups in total. The highest BCUT2D eigenvalue weighted by atomic mass is 79.9. The zero-order valence-corrected chi connectivity index (χ0v) is 12.4. The van der Waals surface area contributed by atoms with Crippen molar-refractivity contribution in [3.8, 4) is 0 Å². The SMILES string of the molecule is Cc1ccccc1CC(=O)NCc1ccc(Br)cc1. The van der Waals surface area contributed by atoms with Crippen LogP contribution in [0, 0.1) is 6.92 Å². The van der Waals surface area contributed by atoms with Gasteiger partial charge in [0.05, 0.1) is 6.42 Å². The Bertz CT molecular complexity index is 563. The van der Waals surface area contributed by atoms with E-state index in [2.05, 4.69) is 21.2 Å². The second-order valence-electron chi connectivity index (χ2n) is 4.51. The first kappa shape index (κ1) is 13.8. The zero-order valence-electron chi connectivity index (χ0n) is 10.8. The highest BCUT2D eigenvalue weighted by Gasteiger charge is 2.05. The van der Waals surface area contributed by atoms with Crippen LogP contribution in [0.1, 0.15) is 16.7 Å². The molecule has 0 aliphatic rings. The second-order valence-corrected chi connectivity index (χ2v) is 5.42. The van der Waals surface area contributed by atoms with Crippen LogP contribution < -0.4 is 5.32 Å². The van der Waals surface area contributed by atoms with E-state index in [0.717, 1.165) is 21.2 Å². The van der Waals surface area contributed by atoms with E-state index >= 15 is 0 Å². The topological polar surface area (TPSA) is 29.1 Å². The number of hydrogen-bond acceptors (Lipinski definition) is 1. The molecule has 0 bridgehead atoms. The van der Waals surface area contributed by atoms with E-state index in [4.69, 9.17) is 0 Å². The lowest BCUT2D eigenvalue weighted by atomic mass is 10.1. The molecule has 0 saturated heterocycles. The monoisotopic (exact) mass is 317 g/mol. The summed E-state index contributed by atoms with van der Waals surface area (Å²) in [5, 5.41) is 2.94. The van der Waals surface area contributed by atoms with Crippen molar-refractivity contribution in [2.24, 2.45) is 0 Å². The first-order valence-electron chi connectivity index (χ1n) is 6.21. The third-order valence-corrected chi connectivity index (χ3v) is 3.54. The standard InChI is InChI=1S/C16H16BrNO/c1-12-4-2-3-5-14(12)10-16(19)18-11-13-6-8-15(17)9-7-13/h2-9H,10-11H2,1H3,(H,18,19). The van der Waals surface area contributed by atoms with E-state index in [1.807, 2.05) is 55.5 Å². The van der Waals surface area contributed by atoms with E-state index in [0.29, 0.717) is 13.0 Å². The largest absolute Gasteiger partial charge is 0.352 e. The normalized spacial score (nSPS) is 10.2. The molecule has 19 heavy (non-hydrogen) atoms. The first-order chi connectivity index (χ1) is 9.15. The molecule has 0 unspecified atom stereocenters. The van der Waals surface area contributed by atoms with E-state index in [1.165, 1.54) is 0 Å². The third kappa shape index (κ3) is 4.21. The molecule has 3 heteroatoms. The zero-order chi connectivity index (χ0) is 13.7. The summed E-state index contributed by atoms with van der Waals surface area (Å²) in [4.78, 5) is 11.9. The van der Waals surface area contributed by atoms with E-state index in [9.17, 15) is 4.79 Å². The maximum atomic E-state index is 11.9. The summed E-state index contributed by atoms with van der Waals surface area (Å²) >= 11 is 3.39. The van der Waals surface area contributed by atoms with Gasteiger partial charge in [0.15, 0.2) is 0 Å². The van der Waals surface area contributed by atoms with Gasteiger partial charge in [0.2, 0.25) is 5.91 Å². The van der Waals surface area contributed by atoms with Crippen LogP contribution >= 0.6 is 15.9 Å². The molecule has 0 aromatic heterocycles. The molecule has 98 valence electrons. The molecule has 0 fully saturated rings. The molecular formula is C16H16BrNO. The van der Waals surface area contributed by atoms with E-state index in [-0.39, 0.29) is 5.91 Å². The molecule has 0 aliphatic heterocycles. The molecule has 0 radical (unpaired) electrons. The van der Waals surface area contributed by atoms with Gasteiger partial charge in [0, 0.05) is 11.0 Å². The molecule has 1 amide bonds. The van der Waals surface area contributed by atoms with Gasteiger partial charge in [-0.3, -0.25) is 4.79 Å². The third-order valence-electron chi connectivity index (χ3n) is 3.02. The second kappa shape index (κ2) is 6.53. The fourth-order valence-electron chi connectivity index (χ4n) is 1.85. The summed E-state index contributed by atoms with van der Waals surface area (Å²) in [7, 11) is 0. The number of carbonyl (C=O) groups excluding carboxylic acids is 1. The molecule has 0 heterocycles. The van der Waals surface area contributed by atoms with Gasteiger partial charge in [-0.2, -0.15) is 0 Å². The lowest BCUT2D eigenvalue weighted by molar-refractivity contribution is -0.120. The summed E-state index contributed by atoms with van der Waals surface area (Å²) in [6.07, 6.45) is 0.434. The molecule has 0 spiro atoms. The number of benzene rings is 2. The first-order valence-corrected chi connectivity index (χ1v) is 7.00. The molecule has 0 saturated carbocycles. The average Bonchev–Trinajstić information content (AvgIpc) is 2.41. The van der Waals surface area contributed by atoms with Crippen molar-refractivity contribution in [3.05, 3.63) is 69.7 Å². The van der Waals surface area contributed by atoms with Crippen molar-refractivity contribution in [2.75, 3.05) is 0 Å². The maximum Gasteiger partial charge on any atom is 0.224 e. The van der Waals surface area contributed by atoms with Gasteiger partial charge in [0.1, 0.15) is 0 Å². The van der Waals surface area contributed by atoms with Gasteiger partial charge in [-0.1, -0.05) is 52.3 Å². The quantitative estimate of drug-likeness (QED) is 0.917. The number of hydrogen-bond donors (Lipinski definition) is 1. The molecule has 2 aromatic rings. The van der Waals surface area contributed by atoms with Crippen LogP contribution in [0.2, 0.25) is 0 Å². The van der Waals surface area contributed by atoms with Crippen molar-refractivity contribution in [2.45, 2.75) is 19.9 Å². The summed E-state index contributed by atoms with van der Waals surface area (Å²) in [5.41, 5.74) is 3.33. The lowest BCUT2D eigenvalue weighted by Gasteiger charge is -2.07. The number of aryl methyl sites for hydroxylation is 1. The minimum Gasteiger partial charge on any atom is -0.352 e. The Morgan fingerprint density at radius 1 is 1.11 bits per heavy atom. The summed E-state index contributed by atoms with van der Waals surface area (Å²) in [6, 6.07) is 15.9. The van der Waals surface area contributed by atoms with Crippen LogP contribution in [0.25, 0.3) is 0 Å². The predicted molar refractivity (Wildman–Crippen MR) is 80.9 cm³/mol. The molecule has 2 nitrogen and oxygen atoms in total. The van der Waals surface area contributed by atoms with Gasteiger partial charge < -0.3 is 5.32 Å². The molecule has 2 rings (SSSR count). The van der Waals surface area contributed by atoms with Gasteiger partial charge in [-0.15, -0.1) is 0 Å². The van der Waals surface area contributed by atoms with Crippen LogP contribution in [-0.4, -0.2) is 5.91 Å². The fraction of sp³-hybridized carbons (Fsp3) is 0.188. The van der Waals surface area contributed by atoms with Crippen LogP contribution in [0.5, 0.6) is 0 Å². The smallest absolute Gasteiger partial charge is 0.224 e. The van der Waals surface area contributed by atoms with Crippen LogP contribution in [0.15, 0.2) is 53.0 Å². The Morgan fingerprint density at radius 2 is 1.79 bits per heavy atom. The highest BCUT2D eigenvalue weighted by molar-refractivity contribution is 9.10. The molecule has 0 aliphatic carbocycles. The Kier molecular flexibility index (Phi) is 4.74. The molecular weight excluding hydrogens is 302 g/mol. The number of nitrogens with one attached hydrogen (secondary N) is 1. The minimum atomic E-state index is 0.0530. The fourth-order valence-corrected chi connectivity index (χ4v) is 2.11. The lowest BCUT2D eigenvalue weighted by Crippen LogP contribution is -2.24. The van der Waals surface area contributed by atoms with Crippen LogP contribution in [0.4, 0.5) is 0 Å². The Morgan fingerprint density at radius 3 is 2.47 bits per heavy atom. The van der Waals surface area contributed by atoms with Crippen molar-refractivity contribution < 1.29 is 4.79 Å². The number of amides is 1. The number of carbonyl (C=O) groups is 1. The van der Waals surface area contributed by atoms with Crippen LogP contribution in [0.3, 0.4) is 0 Å². The average molecular weight is 318 g/mol. The Hall–Kier alpha value is -1.61. The summed E-state index contributed by atoms with van der Waals surface area (Å²) in [6.45, 7) is 2.59. The van der Waals surface area contributed by atoms with Crippen molar-refractivity contribution in [1.82, 2.24) is 5.32 Å². The van der Waals surface area contributed by atoms with Gasteiger partial charge in [0.25, 0.3) is 0 Å². The molecule has 2 aromatic carbocycles. The summed E-state index contributed by atoms with van der Waals surface area (Å²) in [5.74, 6) is 0.0530. The van der Waals surface area contributed by atoms with E-state index < -0.39 is 0 Å². The van der Waals surface area contributed by atoms with Crippen molar-refractivity contribution in [1.29, 1.82) is 0 Å². The van der Waals surface area contributed by atoms with Crippen LogP contribution in [-0.2, 0) is 17.8 Å². The minimum absolute atomic E-state index is 0.0530. The van der Waals surface area contributed by atoms with Gasteiger partial charge in [-0.25, -0.2) is 0 Å². The Labute approximate surface area is 122 Å². The van der Waals surface area contributed by atoms with Gasteiger partial charge >= 0.3 is 0 Å². The van der Waals surface area contributed by atoms with Crippen molar-refractivity contribution in [3.63, 3.8) is 0 Å². The number of rotatable bonds is 4. The summed E-state index contributed by atoms with van der Waals surface area (Å²) < 4.78 is 1.04. The van der Waals surface area contributed by atoms with E-state index in [1.54, 1.807) is 0 Å². The number of halogens is 1. The van der Waals surface area contributed by atoms with Gasteiger partial charge in [-0.05, 0) is 35.7 Å². The Balaban J connectivity index is 1.88. The molecule has 0 atom stereocenters. The van der Waals surface area contributed by atoms with Crippen molar-refractivity contribution >= 4 is 21.8 Å². The highest BCUT2D eigenvalue weighted by Crippen LogP contribution is 2.11.